The summed E-state index contributed by atoms with van der Waals surface area (Å²) < 4.78 is 44.9. The van der Waals surface area contributed by atoms with E-state index < -0.39 is 46.5 Å². The molecule has 1 fully saturated rings. The molecule has 1 heterocycles. The molecule has 34 heavy (non-hydrogen) atoms. The number of halogens is 1. The molecule has 2 aromatic carbocycles. The van der Waals surface area contributed by atoms with Crippen LogP contribution in [0.15, 0.2) is 53.4 Å². The largest absolute Gasteiger partial charge is 0.454 e. The summed E-state index contributed by atoms with van der Waals surface area (Å²) in [5, 5.41) is 12.5. The third-order valence-electron chi connectivity index (χ3n) is 5.36. The van der Waals surface area contributed by atoms with Crippen LogP contribution in [0, 0.1) is 5.82 Å². The molecule has 0 aromatic heterocycles. The number of aliphatic hydroxyl groups excluding tert-OH is 1. The molecular weight excluding hydrogens is 465 g/mol. The van der Waals surface area contributed by atoms with Crippen LogP contribution in [0.4, 0.5) is 15.8 Å². The number of anilines is 2. The number of nitrogens with zero attached hydrogens (tertiary/aromatic N) is 1. The van der Waals surface area contributed by atoms with Crippen molar-refractivity contribution >= 4 is 33.3 Å². The standard InChI is InChI=1S/C23H28FN3O6S/c1-16(28)22(26-34(31,32)20-11-5-17(24)6-12-20)23(30)33-15-21(29)25-18-7-9-19(10-8-18)27-13-3-2-4-14-27/h5-12,16,22,26,28H,2-4,13-15H2,1H3,(H,25,29)/t16-,22+/m1/s1. The number of hydrogen-bond donors (Lipinski definition) is 3. The van der Waals surface area contributed by atoms with Crippen LogP contribution >= 0.6 is 0 Å². The molecule has 2 atom stereocenters. The van der Waals surface area contributed by atoms with Gasteiger partial charge in [-0.2, -0.15) is 4.72 Å². The van der Waals surface area contributed by atoms with Crippen molar-refractivity contribution in [3.63, 3.8) is 0 Å². The minimum absolute atomic E-state index is 0.293. The maximum Gasteiger partial charge on any atom is 0.327 e. The van der Waals surface area contributed by atoms with Crippen molar-refractivity contribution in [1.29, 1.82) is 0 Å². The van der Waals surface area contributed by atoms with Crippen molar-refractivity contribution in [2.75, 3.05) is 29.9 Å². The second-order valence-corrected chi connectivity index (χ2v) is 9.76. The summed E-state index contributed by atoms with van der Waals surface area (Å²) in [6, 6.07) is 9.59. The van der Waals surface area contributed by atoms with Gasteiger partial charge in [-0.05, 0) is 74.7 Å². The van der Waals surface area contributed by atoms with E-state index in [0.717, 1.165) is 55.9 Å². The van der Waals surface area contributed by atoms with Crippen LogP contribution in [-0.4, -0.2) is 57.2 Å². The van der Waals surface area contributed by atoms with Gasteiger partial charge in [-0.15, -0.1) is 0 Å². The molecule has 9 nitrogen and oxygen atoms in total. The number of benzene rings is 2. The van der Waals surface area contributed by atoms with E-state index in [1.165, 1.54) is 13.3 Å². The minimum atomic E-state index is -4.25. The van der Waals surface area contributed by atoms with Gasteiger partial charge >= 0.3 is 5.97 Å². The Morgan fingerprint density at radius 1 is 1.06 bits per heavy atom. The van der Waals surface area contributed by atoms with Crippen molar-refractivity contribution in [2.24, 2.45) is 0 Å². The first-order valence-corrected chi connectivity index (χ1v) is 12.4. The van der Waals surface area contributed by atoms with Crippen LogP contribution in [0.2, 0.25) is 0 Å². The molecule has 0 saturated carbocycles. The summed E-state index contributed by atoms with van der Waals surface area (Å²) >= 11 is 0. The highest BCUT2D eigenvalue weighted by molar-refractivity contribution is 7.89. The fourth-order valence-corrected chi connectivity index (χ4v) is 4.78. The second kappa shape index (κ2) is 11.4. The highest BCUT2D eigenvalue weighted by Gasteiger charge is 2.31. The van der Waals surface area contributed by atoms with Crippen LogP contribution in [0.5, 0.6) is 0 Å². The molecule has 0 radical (unpaired) electrons. The summed E-state index contributed by atoms with van der Waals surface area (Å²) in [5.74, 6) is -2.38. The first kappa shape index (κ1) is 25.6. The predicted molar refractivity (Wildman–Crippen MR) is 124 cm³/mol. The molecule has 1 saturated heterocycles. The van der Waals surface area contributed by atoms with Crippen LogP contribution < -0.4 is 14.9 Å². The van der Waals surface area contributed by atoms with Gasteiger partial charge in [-0.1, -0.05) is 0 Å². The van der Waals surface area contributed by atoms with E-state index in [2.05, 4.69) is 10.2 Å². The molecule has 1 amide bonds. The van der Waals surface area contributed by atoms with Gasteiger partial charge in [0.1, 0.15) is 11.9 Å². The third-order valence-corrected chi connectivity index (χ3v) is 6.82. The van der Waals surface area contributed by atoms with Gasteiger partial charge in [0.15, 0.2) is 6.61 Å². The Kier molecular flexibility index (Phi) is 8.59. The van der Waals surface area contributed by atoms with Crippen molar-refractivity contribution < 1.29 is 32.2 Å². The van der Waals surface area contributed by atoms with E-state index in [-0.39, 0.29) is 4.90 Å². The Labute approximate surface area is 198 Å². The first-order valence-electron chi connectivity index (χ1n) is 10.9. The molecule has 11 heteroatoms. The molecule has 184 valence electrons. The number of hydrogen-bond acceptors (Lipinski definition) is 7. The van der Waals surface area contributed by atoms with E-state index in [1.54, 1.807) is 12.1 Å². The van der Waals surface area contributed by atoms with Crippen molar-refractivity contribution in [3.8, 4) is 0 Å². The van der Waals surface area contributed by atoms with Crippen LogP contribution in [0.3, 0.4) is 0 Å². The summed E-state index contributed by atoms with van der Waals surface area (Å²) in [6.07, 6.45) is 2.08. The molecule has 0 aliphatic carbocycles. The molecule has 2 aromatic rings. The fourth-order valence-electron chi connectivity index (χ4n) is 3.52. The summed E-state index contributed by atoms with van der Waals surface area (Å²) in [4.78, 5) is 26.6. The molecule has 1 aliphatic rings. The number of nitrogens with one attached hydrogen (secondary N) is 2. The van der Waals surface area contributed by atoms with Crippen molar-refractivity contribution in [3.05, 3.63) is 54.3 Å². The number of ether oxygens (including phenoxy) is 1. The summed E-state index contributed by atoms with van der Waals surface area (Å²) in [5.41, 5.74) is 1.59. The van der Waals surface area contributed by atoms with Crippen molar-refractivity contribution in [2.45, 2.75) is 43.2 Å². The lowest BCUT2D eigenvalue weighted by atomic mass is 10.1. The predicted octanol–water partition coefficient (Wildman–Crippen LogP) is 2.03. The number of aliphatic hydroxyl groups is 1. The molecule has 3 rings (SSSR count). The number of sulfonamides is 1. The van der Waals surface area contributed by atoms with E-state index in [1.807, 2.05) is 16.9 Å². The Hall–Kier alpha value is -3.02. The van der Waals surface area contributed by atoms with Crippen molar-refractivity contribution in [1.82, 2.24) is 4.72 Å². The Morgan fingerprint density at radius 2 is 1.68 bits per heavy atom. The quantitative estimate of drug-likeness (QED) is 0.457. The van der Waals surface area contributed by atoms with Gasteiger partial charge in [0.2, 0.25) is 10.0 Å². The highest BCUT2D eigenvalue weighted by atomic mass is 32.2. The molecular formula is C23H28FN3O6S. The summed E-state index contributed by atoms with van der Waals surface area (Å²) in [7, 11) is -4.25. The van der Waals surface area contributed by atoms with E-state index >= 15 is 0 Å². The zero-order valence-electron chi connectivity index (χ0n) is 18.7. The van der Waals surface area contributed by atoms with Gasteiger partial charge in [0, 0.05) is 24.5 Å². The first-order chi connectivity index (χ1) is 16.2. The Balaban J connectivity index is 1.54. The zero-order chi connectivity index (χ0) is 24.7. The van der Waals surface area contributed by atoms with Gasteiger partial charge in [0.05, 0.1) is 11.0 Å². The Bertz CT molecular complexity index is 1080. The summed E-state index contributed by atoms with van der Waals surface area (Å²) in [6.45, 7) is 2.52. The monoisotopic (exact) mass is 493 g/mol. The average Bonchev–Trinajstić information content (AvgIpc) is 2.82. The van der Waals surface area contributed by atoms with E-state index in [4.69, 9.17) is 4.74 Å². The Morgan fingerprint density at radius 3 is 2.26 bits per heavy atom. The number of esters is 1. The normalized spacial score (nSPS) is 15.9. The fraction of sp³-hybridized carbons (Fsp3) is 0.391. The lowest BCUT2D eigenvalue weighted by Crippen LogP contribution is -2.48. The van der Waals surface area contributed by atoms with E-state index in [0.29, 0.717) is 5.69 Å². The van der Waals surface area contributed by atoms with Crippen LogP contribution in [0.25, 0.3) is 0 Å². The number of piperidine rings is 1. The van der Waals surface area contributed by atoms with Gasteiger partial charge in [-0.25, -0.2) is 12.8 Å². The van der Waals surface area contributed by atoms with Gasteiger partial charge in [-0.3, -0.25) is 9.59 Å². The van der Waals surface area contributed by atoms with Crippen LogP contribution in [-0.2, 0) is 24.3 Å². The number of carbonyl (C=O) groups is 2. The number of carbonyl (C=O) groups excluding carboxylic acids is 2. The topological polar surface area (TPSA) is 125 Å². The highest BCUT2D eigenvalue weighted by Crippen LogP contribution is 2.21. The number of amides is 1. The SMILES string of the molecule is C[C@@H](O)[C@H](NS(=O)(=O)c1ccc(F)cc1)C(=O)OCC(=O)Nc1ccc(N2CCCCC2)cc1. The molecule has 0 spiro atoms. The third kappa shape index (κ3) is 6.99. The van der Waals surface area contributed by atoms with Gasteiger partial charge in [0.25, 0.3) is 5.91 Å². The zero-order valence-corrected chi connectivity index (χ0v) is 19.6. The average molecular weight is 494 g/mol. The maximum atomic E-state index is 13.1. The maximum absolute atomic E-state index is 13.1. The number of rotatable bonds is 9. The molecule has 0 unspecified atom stereocenters. The van der Waals surface area contributed by atoms with Gasteiger partial charge < -0.3 is 20.1 Å². The smallest absolute Gasteiger partial charge is 0.327 e. The lowest BCUT2D eigenvalue weighted by molar-refractivity contribution is -0.151. The molecule has 1 aliphatic heterocycles. The van der Waals surface area contributed by atoms with Crippen LogP contribution in [0.1, 0.15) is 26.2 Å². The lowest BCUT2D eigenvalue weighted by Gasteiger charge is -2.28. The van der Waals surface area contributed by atoms with E-state index in [9.17, 15) is 27.5 Å². The second-order valence-electron chi connectivity index (χ2n) is 8.04. The molecule has 0 bridgehead atoms. The molecule has 3 N–H and O–H groups in total. The minimum Gasteiger partial charge on any atom is -0.454 e.